The third-order valence-electron chi connectivity index (χ3n) is 8.02. The molecular weight excluding hydrogens is 614 g/mol. The predicted molar refractivity (Wildman–Crippen MR) is 182 cm³/mol. The number of hydrogen-bond donors (Lipinski definition) is 3. The molecule has 0 spiro atoms. The maximum absolute atomic E-state index is 12.9. The van der Waals surface area contributed by atoms with Crippen molar-refractivity contribution in [1.82, 2.24) is 34.9 Å². The molecule has 0 radical (unpaired) electrons. The molecule has 6 rings (SSSR count). The van der Waals surface area contributed by atoms with Gasteiger partial charge in [0.1, 0.15) is 27.7 Å². The van der Waals surface area contributed by atoms with Gasteiger partial charge in [0, 0.05) is 29.8 Å². The first kappa shape index (κ1) is 32.4. The molecule has 2 aromatic heterocycles. The molecule has 2 aliphatic rings. The van der Waals surface area contributed by atoms with Crippen molar-refractivity contribution in [3.8, 4) is 23.2 Å². The van der Waals surface area contributed by atoms with E-state index < -0.39 is 22.2 Å². The summed E-state index contributed by atoms with van der Waals surface area (Å²) in [4.78, 5) is 41.0. The number of aromatic amines is 2. The smallest absolute Gasteiger partial charge is 0.411 e. The molecule has 47 heavy (non-hydrogen) atoms. The van der Waals surface area contributed by atoms with Crippen LogP contribution < -0.4 is 0 Å². The van der Waals surface area contributed by atoms with E-state index in [0.717, 1.165) is 47.0 Å². The van der Waals surface area contributed by atoms with E-state index in [1.54, 1.807) is 9.80 Å². The summed E-state index contributed by atoms with van der Waals surface area (Å²) in [6.07, 6.45) is 2.42. The van der Waals surface area contributed by atoms with Crippen LogP contribution in [0.4, 0.5) is 9.59 Å². The third kappa shape index (κ3) is 7.10. The highest BCUT2D eigenvalue weighted by molar-refractivity contribution is 7.81. The summed E-state index contributed by atoms with van der Waals surface area (Å²) in [6, 6.07) is 13.3. The molecular formula is C35H41N7O4S. The molecule has 11 nitrogen and oxygen atoms in total. The van der Waals surface area contributed by atoms with Crippen molar-refractivity contribution < 1.29 is 19.1 Å². The Balaban J connectivity index is 1.14. The molecule has 0 bridgehead atoms. The fraction of sp³-hybridized carbons (Fsp3) is 0.457. The second-order valence-electron chi connectivity index (χ2n) is 14.1. The van der Waals surface area contributed by atoms with Crippen LogP contribution in [0.3, 0.4) is 0 Å². The van der Waals surface area contributed by atoms with E-state index in [9.17, 15) is 9.59 Å². The number of carbonyl (C=O) groups is 2. The number of hydrogen-bond acceptors (Lipinski definition) is 8. The maximum Gasteiger partial charge on any atom is 0.411 e. The van der Waals surface area contributed by atoms with Gasteiger partial charge in [-0.1, -0.05) is 11.8 Å². The maximum atomic E-state index is 12.9. The minimum absolute atomic E-state index is 0.195. The van der Waals surface area contributed by atoms with E-state index in [4.69, 9.17) is 32.1 Å². The number of benzene rings is 2. The van der Waals surface area contributed by atoms with Crippen LogP contribution in [0.5, 0.6) is 0 Å². The van der Waals surface area contributed by atoms with Crippen molar-refractivity contribution in [3.63, 3.8) is 0 Å². The van der Waals surface area contributed by atoms with Crippen LogP contribution in [0.1, 0.15) is 96.0 Å². The number of ether oxygens (including phenoxy) is 2. The second-order valence-corrected chi connectivity index (χ2v) is 14.8. The number of likely N-dealkylation sites (tertiary alicyclic amines) is 2. The van der Waals surface area contributed by atoms with Gasteiger partial charge in [-0.25, -0.2) is 19.6 Å². The molecule has 4 aromatic rings. The highest BCUT2D eigenvalue weighted by Crippen LogP contribution is 2.42. The highest BCUT2D eigenvalue weighted by Gasteiger charge is 2.46. The number of fused-ring (bicyclic) bond motifs is 1. The minimum Gasteiger partial charge on any atom is -0.444 e. The molecule has 2 saturated heterocycles. The van der Waals surface area contributed by atoms with Crippen LogP contribution in [0.2, 0.25) is 0 Å². The molecule has 2 fully saturated rings. The summed E-state index contributed by atoms with van der Waals surface area (Å²) in [7, 11) is 0. The summed E-state index contributed by atoms with van der Waals surface area (Å²) in [5, 5.41) is 7.45. The van der Waals surface area contributed by atoms with Gasteiger partial charge in [-0.3, -0.25) is 14.9 Å². The molecule has 12 heteroatoms. The van der Waals surface area contributed by atoms with E-state index in [2.05, 4.69) is 27.0 Å². The van der Waals surface area contributed by atoms with Crippen LogP contribution in [-0.4, -0.2) is 71.4 Å². The van der Waals surface area contributed by atoms with Crippen molar-refractivity contribution in [2.45, 2.75) is 89.3 Å². The summed E-state index contributed by atoms with van der Waals surface area (Å²) in [5.74, 6) is 8.29. The number of thiol groups is 1. The Morgan fingerprint density at radius 3 is 2.32 bits per heavy atom. The van der Waals surface area contributed by atoms with E-state index in [1.807, 2.05) is 84.0 Å². The Labute approximate surface area is 280 Å². The van der Waals surface area contributed by atoms with Gasteiger partial charge in [-0.05, 0) is 110 Å². The number of rotatable bonds is 3. The Morgan fingerprint density at radius 1 is 0.915 bits per heavy atom. The molecule has 0 aliphatic carbocycles. The monoisotopic (exact) mass is 655 g/mol. The van der Waals surface area contributed by atoms with Gasteiger partial charge in [0.25, 0.3) is 0 Å². The molecule has 2 N–H and O–H groups in total. The molecule has 0 saturated carbocycles. The average Bonchev–Trinajstić information content (AvgIpc) is 3.79. The number of imidazole rings is 1. The summed E-state index contributed by atoms with van der Waals surface area (Å²) in [6.45, 7) is 12.3. The van der Waals surface area contributed by atoms with Gasteiger partial charge >= 0.3 is 12.2 Å². The van der Waals surface area contributed by atoms with Gasteiger partial charge in [0.05, 0.1) is 17.1 Å². The third-order valence-corrected chi connectivity index (χ3v) is 8.70. The summed E-state index contributed by atoms with van der Waals surface area (Å²) >= 11 is 4.94. The quantitative estimate of drug-likeness (QED) is 0.161. The summed E-state index contributed by atoms with van der Waals surface area (Å²) in [5.41, 5.74) is 2.95. The largest absolute Gasteiger partial charge is 0.444 e. The zero-order valence-corrected chi connectivity index (χ0v) is 28.6. The van der Waals surface area contributed by atoms with E-state index in [1.165, 1.54) is 0 Å². The first-order valence-electron chi connectivity index (χ1n) is 16.0. The number of H-pyrrole nitrogens is 2. The second kappa shape index (κ2) is 12.3. The Morgan fingerprint density at radius 2 is 1.60 bits per heavy atom. The standard InChI is InChI=1S/C35H41N7O4S/c1-33(2,3)45-31(43)41-19-7-9-27(41)29-38-28(39-40-29)24-15-12-22(13-16-24)10-11-23-14-17-25-26(21-23)37-30(36-25)35(47)18-8-20-42(35)32(44)46-34(4,5)6/h12-17,21,27,47H,7-9,18-20H2,1-6H3,(H,36,37)(H,38,39,40). The molecule has 4 heterocycles. The Hall–Kier alpha value is -4.50. The van der Waals surface area contributed by atoms with Crippen LogP contribution in [0.25, 0.3) is 22.4 Å². The van der Waals surface area contributed by atoms with Crippen LogP contribution in [0.15, 0.2) is 42.5 Å². The lowest BCUT2D eigenvalue weighted by atomic mass is 10.1. The molecule has 2 unspecified atom stereocenters. The van der Waals surface area contributed by atoms with Crippen molar-refractivity contribution in [2.24, 2.45) is 0 Å². The van der Waals surface area contributed by atoms with Gasteiger partial charge < -0.3 is 14.5 Å². The SMILES string of the molecule is CC(C)(C)OC(=O)N1CCCC1c1nc(-c2ccc(C#Cc3ccc4nc(C5(S)CCCN5C(=O)OC(C)(C)C)[nH]c4c3)cc2)n[nH]1. The molecule has 2 atom stereocenters. The van der Waals surface area contributed by atoms with E-state index in [0.29, 0.717) is 37.0 Å². The van der Waals surface area contributed by atoms with Gasteiger partial charge in [0.15, 0.2) is 5.82 Å². The topological polar surface area (TPSA) is 129 Å². The van der Waals surface area contributed by atoms with E-state index >= 15 is 0 Å². The predicted octanol–water partition coefficient (Wildman–Crippen LogP) is 6.93. The van der Waals surface area contributed by atoms with Crippen molar-refractivity contribution in [3.05, 3.63) is 65.2 Å². The average molecular weight is 656 g/mol. The van der Waals surface area contributed by atoms with Crippen LogP contribution in [0, 0.1) is 11.8 Å². The number of aromatic nitrogens is 5. The van der Waals surface area contributed by atoms with Gasteiger partial charge in [-0.2, -0.15) is 5.10 Å². The fourth-order valence-electron chi connectivity index (χ4n) is 5.88. The number of nitrogens with zero attached hydrogens (tertiary/aromatic N) is 5. The molecule has 246 valence electrons. The fourth-order valence-corrected chi connectivity index (χ4v) is 6.32. The number of amides is 2. The number of carbonyl (C=O) groups excluding carboxylic acids is 2. The van der Waals surface area contributed by atoms with Gasteiger partial charge in [0.2, 0.25) is 0 Å². The first-order chi connectivity index (χ1) is 22.2. The highest BCUT2D eigenvalue weighted by atomic mass is 32.1. The van der Waals surface area contributed by atoms with Gasteiger partial charge in [-0.15, -0.1) is 12.6 Å². The lowest BCUT2D eigenvalue weighted by Gasteiger charge is -2.34. The van der Waals surface area contributed by atoms with Crippen molar-refractivity contribution in [1.29, 1.82) is 0 Å². The lowest BCUT2D eigenvalue weighted by molar-refractivity contribution is 0.0182. The van der Waals surface area contributed by atoms with Crippen LogP contribution >= 0.6 is 12.6 Å². The Bertz CT molecular complexity index is 1860. The normalized spacial score (nSPS) is 19.9. The minimum atomic E-state index is -0.881. The molecule has 2 aliphatic heterocycles. The van der Waals surface area contributed by atoms with Crippen LogP contribution in [-0.2, 0) is 14.3 Å². The van der Waals surface area contributed by atoms with Crippen molar-refractivity contribution >= 4 is 35.8 Å². The number of nitrogens with one attached hydrogen (secondary N) is 2. The lowest BCUT2D eigenvalue weighted by Crippen LogP contribution is -2.44. The first-order valence-corrected chi connectivity index (χ1v) is 16.4. The zero-order valence-electron chi connectivity index (χ0n) is 27.7. The molecule has 2 amide bonds. The Kier molecular flexibility index (Phi) is 8.47. The molecule has 2 aromatic carbocycles. The zero-order chi connectivity index (χ0) is 33.6. The van der Waals surface area contributed by atoms with Crippen molar-refractivity contribution in [2.75, 3.05) is 13.1 Å². The van der Waals surface area contributed by atoms with E-state index in [-0.39, 0.29) is 12.1 Å². The summed E-state index contributed by atoms with van der Waals surface area (Å²) < 4.78 is 11.2.